The Bertz CT molecular complexity index is 741. The Morgan fingerprint density at radius 1 is 1.12 bits per heavy atom. The lowest BCUT2D eigenvalue weighted by atomic mass is 9.65. The van der Waals surface area contributed by atoms with Gasteiger partial charge in [-0.1, -0.05) is 0 Å². The van der Waals surface area contributed by atoms with Gasteiger partial charge in [-0.2, -0.15) is 0 Å². The molecule has 1 aliphatic carbocycles. The average molecular weight is 332 g/mol. The molecule has 0 N–H and O–H groups in total. The first kappa shape index (κ1) is 14.5. The first-order valence-corrected chi connectivity index (χ1v) is 8.38. The van der Waals surface area contributed by atoms with Gasteiger partial charge in [0.05, 0.1) is 18.6 Å². The molecule has 6 nitrogen and oxygen atoms in total. The number of rotatable bonds is 0. The maximum atomic E-state index is 12.3. The Labute approximate surface area is 140 Å². The van der Waals surface area contributed by atoms with E-state index in [-0.39, 0.29) is 30.7 Å². The van der Waals surface area contributed by atoms with E-state index in [1.54, 1.807) is 0 Å². The van der Waals surface area contributed by atoms with Crippen LogP contribution in [0.3, 0.4) is 0 Å². The lowest BCUT2D eigenvalue weighted by Crippen LogP contribution is -2.50. The Kier molecular flexibility index (Phi) is 2.69. The summed E-state index contributed by atoms with van der Waals surface area (Å²) in [6.45, 7) is 6.41. The highest BCUT2D eigenvalue weighted by atomic mass is 16.8. The van der Waals surface area contributed by atoms with Gasteiger partial charge in [0.2, 0.25) is 6.79 Å². The van der Waals surface area contributed by atoms with Crippen molar-refractivity contribution in [3.8, 4) is 11.5 Å². The van der Waals surface area contributed by atoms with E-state index in [2.05, 4.69) is 0 Å². The van der Waals surface area contributed by atoms with E-state index in [4.69, 9.17) is 23.7 Å². The van der Waals surface area contributed by atoms with E-state index in [1.807, 2.05) is 32.9 Å². The summed E-state index contributed by atoms with van der Waals surface area (Å²) in [6, 6.07) is 3.97. The van der Waals surface area contributed by atoms with E-state index in [0.29, 0.717) is 13.0 Å². The van der Waals surface area contributed by atoms with Gasteiger partial charge in [0.1, 0.15) is 5.60 Å². The molecule has 5 rings (SSSR count). The smallest absolute Gasteiger partial charge is 0.309 e. The third kappa shape index (κ3) is 1.70. The van der Waals surface area contributed by atoms with E-state index in [1.165, 1.54) is 0 Å². The maximum absolute atomic E-state index is 12.3. The van der Waals surface area contributed by atoms with Crippen LogP contribution in [0.25, 0.3) is 0 Å². The molecule has 0 bridgehead atoms. The van der Waals surface area contributed by atoms with Gasteiger partial charge in [-0.25, -0.2) is 0 Å². The summed E-state index contributed by atoms with van der Waals surface area (Å²) >= 11 is 0. The predicted octanol–water partition coefficient (Wildman–Crippen LogP) is 2.13. The monoisotopic (exact) mass is 332 g/mol. The maximum Gasteiger partial charge on any atom is 0.309 e. The topological polar surface area (TPSA) is 63.2 Å². The van der Waals surface area contributed by atoms with Crippen LogP contribution in [-0.4, -0.2) is 31.3 Å². The molecule has 24 heavy (non-hydrogen) atoms. The minimum Gasteiger partial charge on any atom is -0.465 e. The number of benzene rings is 1. The molecule has 4 aliphatic rings. The van der Waals surface area contributed by atoms with Crippen LogP contribution in [0, 0.1) is 11.8 Å². The molecule has 0 radical (unpaired) electrons. The van der Waals surface area contributed by atoms with Gasteiger partial charge >= 0.3 is 5.97 Å². The van der Waals surface area contributed by atoms with Gasteiger partial charge in [0, 0.05) is 5.92 Å². The number of fused-ring (bicyclic) bond motifs is 5. The first-order chi connectivity index (χ1) is 11.4. The zero-order valence-corrected chi connectivity index (χ0v) is 14.0. The quantitative estimate of drug-likeness (QED) is 0.678. The van der Waals surface area contributed by atoms with Crippen LogP contribution >= 0.6 is 0 Å². The normalized spacial score (nSPS) is 38.1. The van der Waals surface area contributed by atoms with Gasteiger partial charge in [-0.15, -0.1) is 0 Å². The molecule has 1 aromatic rings. The van der Waals surface area contributed by atoms with Crippen LogP contribution in [0.5, 0.6) is 11.5 Å². The summed E-state index contributed by atoms with van der Waals surface area (Å²) in [5.41, 5.74) is 1.37. The molecule has 1 spiro atoms. The summed E-state index contributed by atoms with van der Waals surface area (Å²) in [7, 11) is 0. The summed E-state index contributed by atoms with van der Waals surface area (Å²) in [5.74, 6) is 0.299. The fourth-order valence-corrected chi connectivity index (χ4v) is 4.84. The fraction of sp³-hybridized carbons (Fsp3) is 0.611. The van der Waals surface area contributed by atoms with Gasteiger partial charge in [0.15, 0.2) is 17.3 Å². The molecule has 0 unspecified atom stereocenters. The second kappa shape index (κ2) is 4.43. The zero-order valence-electron chi connectivity index (χ0n) is 14.0. The molecule has 4 atom stereocenters. The second-order valence-corrected chi connectivity index (χ2v) is 7.46. The Balaban J connectivity index is 1.74. The van der Waals surface area contributed by atoms with Crippen LogP contribution in [0.15, 0.2) is 12.1 Å². The summed E-state index contributed by atoms with van der Waals surface area (Å²) < 4.78 is 29.1. The fourth-order valence-electron chi connectivity index (χ4n) is 4.84. The molecule has 1 aromatic carbocycles. The first-order valence-electron chi connectivity index (χ1n) is 8.38. The molecule has 3 heterocycles. The number of cyclic esters (lactones) is 1. The largest absolute Gasteiger partial charge is 0.465 e. The van der Waals surface area contributed by atoms with Crippen LogP contribution in [0.1, 0.15) is 31.9 Å². The highest BCUT2D eigenvalue weighted by molar-refractivity contribution is 5.77. The van der Waals surface area contributed by atoms with Crippen molar-refractivity contribution in [3.63, 3.8) is 0 Å². The highest BCUT2D eigenvalue weighted by Gasteiger charge is 2.64. The average Bonchev–Trinajstić information content (AvgIpc) is 3.16. The number of ether oxygens (including phenoxy) is 5. The van der Waals surface area contributed by atoms with E-state index < -0.39 is 11.4 Å². The van der Waals surface area contributed by atoms with Crippen LogP contribution < -0.4 is 9.47 Å². The van der Waals surface area contributed by atoms with Gasteiger partial charge in [-0.05, 0) is 50.5 Å². The number of carbonyl (C=O) groups excluding carboxylic acids is 1. The van der Waals surface area contributed by atoms with Gasteiger partial charge in [0.25, 0.3) is 0 Å². The summed E-state index contributed by atoms with van der Waals surface area (Å²) in [6.07, 6.45) is 0.433. The number of hydrogen-bond acceptors (Lipinski definition) is 6. The van der Waals surface area contributed by atoms with E-state index in [0.717, 1.165) is 22.6 Å². The summed E-state index contributed by atoms with van der Waals surface area (Å²) in [5, 5.41) is 0. The van der Waals surface area contributed by atoms with Gasteiger partial charge in [-0.3, -0.25) is 4.79 Å². The summed E-state index contributed by atoms with van der Waals surface area (Å²) in [4.78, 5) is 12.3. The minimum absolute atomic E-state index is 0.0605. The van der Waals surface area contributed by atoms with E-state index in [9.17, 15) is 4.79 Å². The SMILES string of the molecule is C[C@@H]1OC(C)(C)O[C@@]12c1cc3c(cc1C[C@H]1C(=O)OC[C@@H]12)OCO3. The van der Waals surface area contributed by atoms with Crippen LogP contribution in [0.2, 0.25) is 0 Å². The Morgan fingerprint density at radius 3 is 2.58 bits per heavy atom. The second-order valence-electron chi connectivity index (χ2n) is 7.46. The van der Waals surface area contributed by atoms with Gasteiger partial charge < -0.3 is 23.7 Å². The zero-order chi connectivity index (χ0) is 16.7. The number of hydrogen-bond donors (Lipinski definition) is 0. The molecule has 3 aliphatic heterocycles. The molecular formula is C18H20O6. The van der Waals surface area contributed by atoms with Crippen molar-refractivity contribution < 1.29 is 28.5 Å². The molecule has 2 saturated heterocycles. The lowest BCUT2D eigenvalue weighted by Gasteiger charge is -2.43. The van der Waals surface area contributed by atoms with Crippen molar-refractivity contribution in [1.82, 2.24) is 0 Å². The van der Waals surface area contributed by atoms with Crippen molar-refractivity contribution >= 4 is 5.97 Å². The molecule has 0 aromatic heterocycles. The third-order valence-electron chi connectivity index (χ3n) is 5.68. The molecule has 6 heteroatoms. The van der Waals surface area contributed by atoms with Crippen molar-refractivity contribution in [3.05, 3.63) is 23.3 Å². The molecule has 0 amide bonds. The number of esters is 1. The molecular weight excluding hydrogens is 312 g/mol. The third-order valence-corrected chi connectivity index (χ3v) is 5.68. The van der Waals surface area contributed by atoms with Crippen LogP contribution in [-0.2, 0) is 31.0 Å². The van der Waals surface area contributed by atoms with Crippen molar-refractivity contribution in [2.45, 2.75) is 44.7 Å². The van der Waals surface area contributed by atoms with Crippen molar-refractivity contribution in [2.75, 3.05) is 13.4 Å². The molecule has 128 valence electrons. The Morgan fingerprint density at radius 2 is 1.88 bits per heavy atom. The van der Waals surface area contributed by atoms with Crippen LogP contribution in [0.4, 0.5) is 0 Å². The lowest BCUT2D eigenvalue weighted by molar-refractivity contribution is -0.182. The van der Waals surface area contributed by atoms with Crippen molar-refractivity contribution in [1.29, 1.82) is 0 Å². The predicted molar refractivity (Wildman–Crippen MR) is 81.6 cm³/mol. The van der Waals surface area contributed by atoms with Crippen molar-refractivity contribution in [2.24, 2.45) is 11.8 Å². The molecule has 0 saturated carbocycles. The van der Waals surface area contributed by atoms with E-state index >= 15 is 0 Å². The minimum atomic E-state index is -0.722. The number of carbonyl (C=O) groups is 1. The highest BCUT2D eigenvalue weighted by Crippen LogP contribution is 2.58. The molecule has 2 fully saturated rings. The Hall–Kier alpha value is -1.79. The standard InChI is InChI=1S/C18H20O6/c1-9-18(24-17(2,3)23-9)12-6-15-14(21-8-22-15)5-10(12)4-11-13(18)7-20-16(11)19/h5-6,9,11,13H,4,7-8H2,1-3H3/t9-,11+,13-,18+/m0/s1.